The van der Waals surface area contributed by atoms with Crippen LogP contribution >= 0.6 is 0 Å². The number of nitrogens with zero attached hydrogens (tertiary/aromatic N) is 1. The highest BCUT2D eigenvalue weighted by Gasteiger charge is 2.17. The summed E-state index contributed by atoms with van der Waals surface area (Å²) in [4.78, 5) is 22.9. The Morgan fingerprint density at radius 1 is 1.11 bits per heavy atom. The molecule has 148 valence electrons. The maximum Gasteiger partial charge on any atom is 0.341 e. The highest BCUT2D eigenvalue weighted by atomic mass is 16.5. The molecule has 0 radical (unpaired) electrons. The zero-order chi connectivity index (χ0) is 20.5. The van der Waals surface area contributed by atoms with Crippen LogP contribution in [0.4, 0.5) is 0 Å². The number of hydrogen-bond acceptors (Lipinski definition) is 7. The van der Waals surface area contributed by atoms with Crippen LogP contribution < -0.4 is 9.47 Å². The molecule has 0 saturated carbocycles. The Balaban J connectivity index is 2.30. The average Bonchev–Trinajstić information content (AvgIpc) is 2.75. The Hall–Kier alpha value is -3.35. The van der Waals surface area contributed by atoms with E-state index >= 15 is 0 Å². The average molecular weight is 385 g/mol. The van der Waals surface area contributed by atoms with Gasteiger partial charge in [0.25, 0.3) is 0 Å². The van der Waals surface area contributed by atoms with Crippen LogP contribution in [-0.2, 0) is 20.9 Å². The Kier molecular flexibility index (Phi) is 7.56. The van der Waals surface area contributed by atoms with Crippen molar-refractivity contribution in [2.24, 2.45) is 5.18 Å². The summed E-state index contributed by atoms with van der Waals surface area (Å²) in [6, 6.07) is 12.0. The largest absolute Gasteiger partial charge is 0.503 e. The number of hydrogen-bond donors (Lipinski definition) is 0. The van der Waals surface area contributed by atoms with Crippen molar-refractivity contribution in [3.8, 4) is 11.5 Å². The van der Waals surface area contributed by atoms with Gasteiger partial charge in [-0.2, -0.15) is 4.91 Å². The first kappa shape index (κ1) is 21.0. The molecule has 1 atom stereocenters. The molecule has 0 aliphatic carbocycles. The molecule has 0 heterocycles. The topological polar surface area (TPSA) is 83.4 Å². The van der Waals surface area contributed by atoms with E-state index in [9.17, 15) is 9.70 Å². The zero-order valence-electron chi connectivity index (χ0n) is 16.3. The van der Waals surface area contributed by atoms with Crippen LogP contribution in [0.1, 0.15) is 29.7 Å². The molecule has 7 nitrogen and oxygen atoms in total. The Morgan fingerprint density at radius 3 is 2.50 bits per heavy atom. The van der Waals surface area contributed by atoms with E-state index in [2.05, 4.69) is 5.18 Å². The third kappa shape index (κ3) is 4.88. The van der Waals surface area contributed by atoms with Crippen LogP contribution in [0.25, 0.3) is 5.57 Å². The molecule has 2 aromatic rings. The summed E-state index contributed by atoms with van der Waals surface area (Å²) >= 11 is 0. The molecule has 2 rings (SSSR count). The van der Waals surface area contributed by atoms with Crippen molar-refractivity contribution in [2.75, 3.05) is 21.3 Å². The number of ether oxygens (including phenoxy) is 4. The van der Waals surface area contributed by atoms with Gasteiger partial charge >= 0.3 is 5.97 Å². The normalized spacial score (nSPS) is 12.1. The smallest absolute Gasteiger partial charge is 0.341 e. The summed E-state index contributed by atoms with van der Waals surface area (Å²) in [7, 11) is 4.30. The lowest BCUT2D eigenvalue weighted by Crippen LogP contribution is -2.08. The third-order valence-electron chi connectivity index (χ3n) is 4.16. The molecule has 0 amide bonds. The maximum absolute atomic E-state index is 12.1. The van der Waals surface area contributed by atoms with Crippen LogP contribution in [-0.4, -0.2) is 27.3 Å². The summed E-state index contributed by atoms with van der Waals surface area (Å²) in [6.45, 7) is 1.89. The molecule has 0 bridgehead atoms. The van der Waals surface area contributed by atoms with E-state index in [4.69, 9.17) is 18.9 Å². The first-order valence-corrected chi connectivity index (χ1v) is 8.58. The predicted octanol–water partition coefficient (Wildman–Crippen LogP) is 4.26. The van der Waals surface area contributed by atoms with E-state index in [1.807, 2.05) is 18.2 Å². The fourth-order valence-electron chi connectivity index (χ4n) is 2.64. The van der Waals surface area contributed by atoms with Gasteiger partial charge in [-0.1, -0.05) is 35.5 Å². The molecule has 28 heavy (non-hydrogen) atoms. The SMILES string of the molecule is COC=C(C(=O)OC)c1ccccc1COc1ccc(C(C)N=O)cc1OC. The lowest BCUT2D eigenvalue weighted by Gasteiger charge is -2.15. The van der Waals surface area contributed by atoms with Crippen LogP contribution in [0, 0.1) is 4.91 Å². The Labute approximate surface area is 163 Å². The van der Waals surface area contributed by atoms with E-state index in [1.165, 1.54) is 27.6 Å². The van der Waals surface area contributed by atoms with Gasteiger partial charge in [0.15, 0.2) is 11.5 Å². The fraction of sp³-hybridized carbons (Fsp3) is 0.286. The molecule has 0 N–H and O–H groups in total. The minimum Gasteiger partial charge on any atom is -0.503 e. The molecule has 2 aromatic carbocycles. The van der Waals surface area contributed by atoms with Crippen molar-refractivity contribution >= 4 is 11.5 Å². The predicted molar refractivity (Wildman–Crippen MR) is 105 cm³/mol. The Morgan fingerprint density at radius 2 is 1.86 bits per heavy atom. The van der Waals surface area contributed by atoms with Crippen molar-refractivity contribution < 1.29 is 23.7 Å². The Bertz CT molecular complexity index is 862. The minimum absolute atomic E-state index is 0.186. The van der Waals surface area contributed by atoms with Gasteiger partial charge in [-0.15, -0.1) is 0 Å². The lowest BCUT2D eigenvalue weighted by atomic mass is 10.0. The molecule has 1 unspecified atom stereocenters. The summed E-state index contributed by atoms with van der Waals surface area (Å²) in [5.41, 5.74) is 2.43. The van der Waals surface area contributed by atoms with Crippen molar-refractivity contribution in [1.82, 2.24) is 0 Å². The molecule has 0 fully saturated rings. The van der Waals surface area contributed by atoms with Gasteiger partial charge in [0.1, 0.15) is 18.2 Å². The summed E-state index contributed by atoms with van der Waals surface area (Å²) in [5, 5.41) is 3.02. The standard InChI is InChI=1S/C21H23NO6/c1-14(22-24)15-9-10-19(20(11-15)26-3)28-12-16-7-5-6-8-17(16)18(13-25-2)21(23)27-4/h5-11,13-14H,12H2,1-4H3. The van der Waals surface area contributed by atoms with Gasteiger partial charge < -0.3 is 18.9 Å². The molecule has 7 heteroatoms. The second kappa shape index (κ2) is 10.1. The quantitative estimate of drug-likeness (QED) is 0.278. The van der Waals surface area contributed by atoms with E-state index in [1.54, 1.807) is 31.2 Å². The van der Waals surface area contributed by atoms with Gasteiger partial charge in [-0.3, -0.25) is 0 Å². The second-order valence-electron chi connectivity index (χ2n) is 5.90. The number of esters is 1. The van der Waals surface area contributed by atoms with E-state index < -0.39 is 12.0 Å². The molecular weight excluding hydrogens is 362 g/mol. The number of carbonyl (C=O) groups excluding carboxylic acids is 1. The van der Waals surface area contributed by atoms with Crippen LogP contribution in [0.2, 0.25) is 0 Å². The number of benzene rings is 2. The summed E-state index contributed by atoms with van der Waals surface area (Å²) in [6.07, 6.45) is 1.34. The maximum atomic E-state index is 12.1. The highest BCUT2D eigenvalue weighted by Crippen LogP contribution is 2.32. The van der Waals surface area contributed by atoms with Crippen molar-refractivity contribution in [3.63, 3.8) is 0 Å². The van der Waals surface area contributed by atoms with Crippen molar-refractivity contribution in [2.45, 2.75) is 19.6 Å². The fourth-order valence-corrected chi connectivity index (χ4v) is 2.64. The molecule has 0 saturated heterocycles. The lowest BCUT2D eigenvalue weighted by molar-refractivity contribution is -0.133. The molecule has 0 spiro atoms. The number of methoxy groups -OCH3 is 3. The monoisotopic (exact) mass is 385 g/mol. The van der Waals surface area contributed by atoms with Crippen LogP contribution in [0.5, 0.6) is 11.5 Å². The van der Waals surface area contributed by atoms with Crippen LogP contribution in [0.3, 0.4) is 0 Å². The third-order valence-corrected chi connectivity index (χ3v) is 4.16. The van der Waals surface area contributed by atoms with E-state index in [0.29, 0.717) is 17.1 Å². The summed E-state index contributed by atoms with van der Waals surface area (Å²) < 4.78 is 21.1. The van der Waals surface area contributed by atoms with Gasteiger partial charge in [0.05, 0.1) is 27.6 Å². The molecule has 0 aliphatic heterocycles. The number of carbonyl (C=O) groups is 1. The second-order valence-corrected chi connectivity index (χ2v) is 5.90. The van der Waals surface area contributed by atoms with Gasteiger partial charge in [0, 0.05) is 0 Å². The number of rotatable bonds is 9. The van der Waals surface area contributed by atoms with Crippen molar-refractivity contribution in [3.05, 3.63) is 70.3 Å². The van der Waals surface area contributed by atoms with Gasteiger partial charge in [-0.25, -0.2) is 4.79 Å². The highest BCUT2D eigenvalue weighted by molar-refractivity contribution is 6.16. The summed E-state index contributed by atoms with van der Waals surface area (Å²) in [5.74, 6) is 0.493. The van der Waals surface area contributed by atoms with Gasteiger partial charge in [0.2, 0.25) is 0 Å². The minimum atomic E-state index is -0.508. The van der Waals surface area contributed by atoms with Gasteiger partial charge in [-0.05, 0) is 35.7 Å². The molecule has 0 aromatic heterocycles. The first-order chi connectivity index (χ1) is 13.5. The molecular formula is C21H23NO6. The molecule has 0 aliphatic rings. The zero-order valence-corrected chi connectivity index (χ0v) is 16.3. The van der Waals surface area contributed by atoms with E-state index in [-0.39, 0.29) is 12.2 Å². The van der Waals surface area contributed by atoms with E-state index in [0.717, 1.165) is 11.1 Å². The first-order valence-electron chi connectivity index (χ1n) is 8.58. The van der Waals surface area contributed by atoms with Crippen molar-refractivity contribution in [1.29, 1.82) is 0 Å². The van der Waals surface area contributed by atoms with Crippen LogP contribution in [0.15, 0.2) is 53.9 Å². The number of nitroso groups, excluding NO2 is 1.